The number of carbonyl (C=O) groups excluding carboxylic acids is 2. The molecule has 4 N–H and O–H groups in total. The zero-order chi connectivity index (χ0) is 18.1. The molecule has 0 bridgehead atoms. The van der Waals surface area contributed by atoms with Crippen molar-refractivity contribution in [2.75, 3.05) is 5.32 Å². The third kappa shape index (κ3) is 2.92. The van der Waals surface area contributed by atoms with Crippen molar-refractivity contribution in [3.05, 3.63) is 41.7 Å². The van der Waals surface area contributed by atoms with Crippen LogP contribution in [0, 0.1) is 0 Å². The van der Waals surface area contributed by atoms with Crippen LogP contribution in [-0.2, 0) is 11.2 Å². The van der Waals surface area contributed by atoms with Crippen LogP contribution in [0.4, 0.5) is 5.82 Å². The highest BCUT2D eigenvalue weighted by Crippen LogP contribution is 2.23. The van der Waals surface area contributed by atoms with E-state index in [0.29, 0.717) is 35.7 Å². The molecular formula is C16H16N8O2. The summed E-state index contributed by atoms with van der Waals surface area (Å²) in [7, 11) is 0. The number of amides is 2. The van der Waals surface area contributed by atoms with Crippen LogP contribution in [-0.4, -0.2) is 41.9 Å². The second-order valence-corrected chi connectivity index (χ2v) is 5.94. The minimum Gasteiger partial charge on any atom is -0.343 e. The number of H-pyrrole nitrogens is 2. The first-order chi connectivity index (χ1) is 12.6. The minimum atomic E-state index is -0.332. The summed E-state index contributed by atoms with van der Waals surface area (Å²) in [5, 5.41) is 12.7. The normalized spacial score (nSPS) is 14.4. The number of nitrogens with zero attached hydrogens (tertiary/aromatic N) is 4. The molecule has 2 amide bonds. The van der Waals surface area contributed by atoms with Gasteiger partial charge in [0.05, 0.1) is 11.7 Å². The van der Waals surface area contributed by atoms with Gasteiger partial charge in [-0.2, -0.15) is 5.10 Å². The molecule has 0 unspecified atom stereocenters. The number of imidazole rings is 1. The smallest absolute Gasteiger partial charge is 0.270 e. The zero-order valence-electron chi connectivity index (χ0n) is 13.9. The third-order valence-electron chi connectivity index (χ3n) is 4.17. The molecule has 132 valence electrons. The first-order valence-corrected chi connectivity index (χ1v) is 8.11. The van der Waals surface area contributed by atoms with E-state index in [0.717, 1.165) is 5.69 Å². The lowest BCUT2D eigenvalue weighted by Crippen LogP contribution is -2.31. The molecule has 1 aliphatic rings. The van der Waals surface area contributed by atoms with Crippen molar-refractivity contribution in [2.24, 2.45) is 0 Å². The van der Waals surface area contributed by atoms with Gasteiger partial charge in [0.25, 0.3) is 5.91 Å². The number of carbonyl (C=O) groups is 2. The van der Waals surface area contributed by atoms with Gasteiger partial charge in [-0.3, -0.25) is 14.7 Å². The molecule has 10 nitrogen and oxygen atoms in total. The largest absolute Gasteiger partial charge is 0.343 e. The number of hydrogen-bond donors (Lipinski definition) is 4. The SMILES string of the molecule is C[C@@H](NC(=O)c1ncnc2c1CCC(=O)N2)c1cc(-c2ncc[nH]2)n[nH]1. The van der Waals surface area contributed by atoms with Gasteiger partial charge in [-0.25, -0.2) is 15.0 Å². The molecule has 3 aromatic rings. The Labute approximate surface area is 147 Å². The van der Waals surface area contributed by atoms with Crippen molar-refractivity contribution in [2.45, 2.75) is 25.8 Å². The van der Waals surface area contributed by atoms with Gasteiger partial charge in [0.1, 0.15) is 23.5 Å². The fourth-order valence-electron chi connectivity index (χ4n) is 2.81. The Morgan fingerprint density at radius 1 is 1.27 bits per heavy atom. The van der Waals surface area contributed by atoms with Crippen LogP contribution < -0.4 is 10.6 Å². The molecule has 1 aliphatic heterocycles. The molecule has 4 heterocycles. The quantitative estimate of drug-likeness (QED) is 0.551. The number of aromatic amines is 2. The van der Waals surface area contributed by atoms with Gasteiger partial charge in [-0.1, -0.05) is 0 Å². The zero-order valence-corrected chi connectivity index (χ0v) is 13.9. The van der Waals surface area contributed by atoms with Crippen LogP contribution in [0.25, 0.3) is 11.5 Å². The Morgan fingerprint density at radius 3 is 2.96 bits per heavy atom. The molecule has 4 rings (SSSR count). The average Bonchev–Trinajstić information content (AvgIpc) is 3.32. The summed E-state index contributed by atoms with van der Waals surface area (Å²) in [5.74, 6) is 0.600. The second kappa shape index (κ2) is 6.39. The summed E-state index contributed by atoms with van der Waals surface area (Å²) in [6.07, 6.45) is 5.38. The van der Waals surface area contributed by atoms with Crippen LogP contribution in [0.1, 0.15) is 41.1 Å². The first kappa shape index (κ1) is 15.9. The molecule has 0 saturated heterocycles. The summed E-state index contributed by atoms with van der Waals surface area (Å²) in [5.41, 5.74) is 2.32. The number of aromatic nitrogens is 6. The van der Waals surface area contributed by atoms with Gasteiger partial charge < -0.3 is 15.6 Å². The molecule has 0 spiro atoms. The first-order valence-electron chi connectivity index (χ1n) is 8.11. The lowest BCUT2D eigenvalue weighted by molar-refractivity contribution is -0.116. The summed E-state index contributed by atoms with van der Waals surface area (Å²) >= 11 is 0. The van der Waals surface area contributed by atoms with Crippen molar-refractivity contribution in [1.29, 1.82) is 0 Å². The van der Waals surface area contributed by atoms with Gasteiger partial charge >= 0.3 is 0 Å². The molecule has 0 fully saturated rings. The third-order valence-corrected chi connectivity index (χ3v) is 4.17. The van der Waals surface area contributed by atoms with Crippen molar-refractivity contribution in [3.63, 3.8) is 0 Å². The van der Waals surface area contributed by atoms with E-state index in [1.165, 1.54) is 6.33 Å². The van der Waals surface area contributed by atoms with E-state index in [4.69, 9.17) is 0 Å². The van der Waals surface area contributed by atoms with Crippen LogP contribution in [0.3, 0.4) is 0 Å². The fraction of sp³-hybridized carbons (Fsp3) is 0.250. The Kier molecular flexibility index (Phi) is 3.92. The minimum absolute atomic E-state index is 0.112. The van der Waals surface area contributed by atoms with E-state index in [9.17, 15) is 9.59 Å². The highest BCUT2D eigenvalue weighted by atomic mass is 16.2. The molecule has 1 atom stereocenters. The fourth-order valence-corrected chi connectivity index (χ4v) is 2.81. The van der Waals surface area contributed by atoms with Crippen LogP contribution in [0.15, 0.2) is 24.8 Å². The Hall–Kier alpha value is -3.56. The maximum absolute atomic E-state index is 12.7. The molecule has 0 saturated carbocycles. The second-order valence-electron chi connectivity index (χ2n) is 5.94. The van der Waals surface area contributed by atoms with E-state index in [1.807, 2.05) is 13.0 Å². The highest BCUT2D eigenvalue weighted by Gasteiger charge is 2.24. The standard InChI is InChI=1S/C16H16N8O2/c1-8(10-6-11(24-23-10)15-17-4-5-18-15)21-16(26)13-9-2-3-12(25)22-14(9)20-7-19-13/h4-8H,2-3H2,1H3,(H,17,18)(H,21,26)(H,23,24)(H,19,20,22,25)/t8-/m1/s1. The topological polar surface area (TPSA) is 141 Å². The monoisotopic (exact) mass is 352 g/mol. The molecule has 26 heavy (non-hydrogen) atoms. The van der Waals surface area contributed by atoms with Crippen molar-refractivity contribution >= 4 is 17.6 Å². The Balaban J connectivity index is 1.52. The summed E-state index contributed by atoms with van der Waals surface area (Å²) < 4.78 is 0. The van der Waals surface area contributed by atoms with Gasteiger partial charge in [0.2, 0.25) is 5.91 Å². The van der Waals surface area contributed by atoms with E-state index in [2.05, 4.69) is 40.8 Å². The maximum Gasteiger partial charge on any atom is 0.270 e. The molecule has 0 aromatic carbocycles. The number of rotatable bonds is 4. The Morgan fingerprint density at radius 2 is 2.15 bits per heavy atom. The number of nitrogens with one attached hydrogen (secondary N) is 4. The average molecular weight is 352 g/mol. The lowest BCUT2D eigenvalue weighted by Gasteiger charge is -2.18. The van der Waals surface area contributed by atoms with E-state index < -0.39 is 0 Å². The van der Waals surface area contributed by atoms with E-state index in [1.54, 1.807) is 12.4 Å². The van der Waals surface area contributed by atoms with Gasteiger partial charge in [0.15, 0.2) is 5.82 Å². The molecular weight excluding hydrogens is 336 g/mol. The predicted octanol–water partition coefficient (Wildman–Crippen LogP) is 0.966. The molecule has 10 heteroatoms. The van der Waals surface area contributed by atoms with Crippen LogP contribution in [0.2, 0.25) is 0 Å². The molecule has 0 aliphatic carbocycles. The summed E-state index contributed by atoms with van der Waals surface area (Å²) in [6, 6.07) is 1.50. The van der Waals surface area contributed by atoms with Crippen molar-refractivity contribution in [1.82, 2.24) is 35.5 Å². The number of anilines is 1. The summed E-state index contributed by atoms with van der Waals surface area (Å²) in [4.78, 5) is 39.4. The van der Waals surface area contributed by atoms with Gasteiger partial charge in [-0.15, -0.1) is 0 Å². The van der Waals surface area contributed by atoms with E-state index >= 15 is 0 Å². The maximum atomic E-state index is 12.7. The lowest BCUT2D eigenvalue weighted by atomic mass is 10.0. The molecule has 0 radical (unpaired) electrons. The van der Waals surface area contributed by atoms with Crippen LogP contribution in [0.5, 0.6) is 0 Å². The number of hydrogen-bond acceptors (Lipinski definition) is 6. The van der Waals surface area contributed by atoms with Crippen LogP contribution >= 0.6 is 0 Å². The number of fused-ring (bicyclic) bond motifs is 1. The summed E-state index contributed by atoms with van der Waals surface area (Å²) in [6.45, 7) is 1.84. The van der Waals surface area contributed by atoms with E-state index in [-0.39, 0.29) is 23.6 Å². The predicted molar refractivity (Wildman–Crippen MR) is 91.0 cm³/mol. The van der Waals surface area contributed by atoms with Crippen molar-refractivity contribution < 1.29 is 9.59 Å². The molecule has 3 aromatic heterocycles. The van der Waals surface area contributed by atoms with Gasteiger partial charge in [-0.05, 0) is 19.4 Å². The van der Waals surface area contributed by atoms with Gasteiger partial charge in [0, 0.05) is 24.4 Å². The highest BCUT2D eigenvalue weighted by molar-refractivity contribution is 5.99. The Bertz CT molecular complexity index is 963. The van der Waals surface area contributed by atoms with Crippen molar-refractivity contribution in [3.8, 4) is 11.5 Å².